The minimum atomic E-state index is -0.644. The number of rotatable bonds is 8. The summed E-state index contributed by atoms with van der Waals surface area (Å²) in [6.45, 7) is 9.93. The standard InChI is InChI=1S/C26H27FN2O2.C2H6/c1-4-19-8-6-10-21(12-19)22-13-23(27)26(18(3)30)24(14-22)29-25(31)16-28-15-20-9-5-7-17(2)11-20;1-2/h5-14,28H,4,15-16H2,1-3H3,(H,29,31);1-2H3. The van der Waals surface area contributed by atoms with Crippen LogP contribution in [0.2, 0.25) is 0 Å². The number of carbonyl (C=O) groups excluding carboxylic acids is 2. The van der Waals surface area contributed by atoms with Crippen LogP contribution in [-0.4, -0.2) is 18.2 Å². The van der Waals surface area contributed by atoms with Gasteiger partial charge in [0.25, 0.3) is 0 Å². The van der Waals surface area contributed by atoms with E-state index in [1.807, 2.05) is 76.2 Å². The molecule has 0 unspecified atom stereocenters. The van der Waals surface area contributed by atoms with Crippen molar-refractivity contribution in [1.29, 1.82) is 0 Å². The molecule has 5 heteroatoms. The van der Waals surface area contributed by atoms with Crippen LogP contribution in [0, 0.1) is 12.7 Å². The van der Waals surface area contributed by atoms with Crippen LogP contribution in [0.5, 0.6) is 0 Å². The highest BCUT2D eigenvalue weighted by atomic mass is 19.1. The highest BCUT2D eigenvalue weighted by molar-refractivity contribution is 6.05. The van der Waals surface area contributed by atoms with E-state index in [2.05, 4.69) is 10.6 Å². The van der Waals surface area contributed by atoms with E-state index in [1.165, 1.54) is 13.0 Å². The van der Waals surface area contributed by atoms with Crippen molar-refractivity contribution < 1.29 is 14.0 Å². The second-order valence-electron chi connectivity index (χ2n) is 7.63. The molecular formula is C28H33FN2O2. The molecule has 0 aliphatic carbocycles. The van der Waals surface area contributed by atoms with Crippen LogP contribution in [0.25, 0.3) is 11.1 Å². The van der Waals surface area contributed by atoms with Gasteiger partial charge >= 0.3 is 0 Å². The lowest BCUT2D eigenvalue weighted by Crippen LogP contribution is -2.28. The summed E-state index contributed by atoms with van der Waals surface area (Å²) in [6, 6.07) is 18.8. The van der Waals surface area contributed by atoms with Crippen molar-refractivity contribution in [2.45, 2.75) is 47.6 Å². The highest BCUT2D eigenvalue weighted by Crippen LogP contribution is 2.29. The maximum atomic E-state index is 14.8. The van der Waals surface area contributed by atoms with Gasteiger partial charge in [-0.25, -0.2) is 4.39 Å². The van der Waals surface area contributed by atoms with Gasteiger partial charge in [-0.1, -0.05) is 74.9 Å². The summed E-state index contributed by atoms with van der Waals surface area (Å²) in [6.07, 6.45) is 0.859. The first-order valence-electron chi connectivity index (χ1n) is 11.4. The molecule has 0 aliphatic rings. The minimum Gasteiger partial charge on any atom is -0.324 e. The number of aryl methyl sites for hydroxylation is 2. The maximum Gasteiger partial charge on any atom is 0.238 e. The Balaban J connectivity index is 0.00000187. The zero-order chi connectivity index (χ0) is 24.4. The Labute approximate surface area is 196 Å². The molecule has 0 radical (unpaired) electrons. The van der Waals surface area contributed by atoms with Gasteiger partial charge in [0.1, 0.15) is 5.82 Å². The van der Waals surface area contributed by atoms with E-state index in [1.54, 1.807) is 6.07 Å². The third kappa shape index (κ3) is 7.36. The zero-order valence-corrected chi connectivity index (χ0v) is 20.1. The fourth-order valence-electron chi connectivity index (χ4n) is 3.54. The molecule has 1 amide bonds. The zero-order valence-electron chi connectivity index (χ0n) is 20.1. The SMILES string of the molecule is CC.CCc1cccc(-c2cc(F)c(C(C)=O)c(NC(=O)CNCc3cccc(C)c3)c2)c1. The van der Waals surface area contributed by atoms with E-state index in [9.17, 15) is 14.0 Å². The third-order valence-electron chi connectivity index (χ3n) is 5.08. The van der Waals surface area contributed by atoms with Gasteiger partial charge in [-0.3, -0.25) is 9.59 Å². The molecule has 4 nitrogen and oxygen atoms in total. The second-order valence-corrected chi connectivity index (χ2v) is 7.63. The highest BCUT2D eigenvalue weighted by Gasteiger charge is 2.18. The summed E-state index contributed by atoms with van der Waals surface area (Å²) in [5, 5.41) is 5.79. The lowest BCUT2D eigenvalue weighted by molar-refractivity contribution is -0.115. The van der Waals surface area contributed by atoms with E-state index in [-0.39, 0.29) is 23.7 Å². The summed E-state index contributed by atoms with van der Waals surface area (Å²) in [4.78, 5) is 24.5. The van der Waals surface area contributed by atoms with Crippen LogP contribution in [0.15, 0.2) is 60.7 Å². The van der Waals surface area contributed by atoms with Gasteiger partial charge in [0.2, 0.25) is 5.91 Å². The van der Waals surface area contributed by atoms with Crippen LogP contribution < -0.4 is 10.6 Å². The summed E-state index contributed by atoms with van der Waals surface area (Å²) in [7, 11) is 0. The molecule has 3 aromatic rings. The smallest absolute Gasteiger partial charge is 0.238 e. The Bertz CT molecular complexity index is 1110. The first kappa shape index (κ1) is 25.9. The van der Waals surface area contributed by atoms with Gasteiger partial charge in [0.05, 0.1) is 17.8 Å². The molecule has 0 saturated heterocycles. The second kappa shape index (κ2) is 12.7. The molecule has 174 valence electrons. The first-order valence-corrected chi connectivity index (χ1v) is 11.4. The molecule has 0 saturated carbocycles. The summed E-state index contributed by atoms with van der Waals surface area (Å²) < 4.78 is 14.8. The molecule has 0 fully saturated rings. The van der Waals surface area contributed by atoms with Gasteiger partial charge in [0, 0.05) is 6.54 Å². The molecule has 0 heterocycles. The van der Waals surface area contributed by atoms with Crippen molar-refractivity contribution in [3.05, 3.63) is 88.7 Å². The molecule has 3 rings (SSSR count). The lowest BCUT2D eigenvalue weighted by atomic mass is 9.98. The van der Waals surface area contributed by atoms with Crippen molar-refractivity contribution in [3.63, 3.8) is 0 Å². The number of halogens is 1. The van der Waals surface area contributed by atoms with Crippen LogP contribution >= 0.6 is 0 Å². The number of hydrogen-bond donors (Lipinski definition) is 2. The van der Waals surface area contributed by atoms with Crippen molar-refractivity contribution >= 4 is 17.4 Å². The molecule has 0 spiro atoms. The average Bonchev–Trinajstić information content (AvgIpc) is 2.80. The number of benzene rings is 3. The van der Waals surface area contributed by atoms with Gasteiger partial charge in [-0.2, -0.15) is 0 Å². The van der Waals surface area contributed by atoms with Crippen LogP contribution in [-0.2, 0) is 17.8 Å². The normalized spacial score (nSPS) is 10.2. The van der Waals surface area contributed by atoms with E-state index in [0.717, 1.165) is 28.7 Å². The summed E-state index contributed by atoms with van der Waals surface area (Å²) in [5.74, 6) is -1.42. The van der Waals surface area contributed by atoms with Crippen molar-refractivity contribution in [1.82, 2.24) is 5.32 Å². The van der Waals surface area contributed by atoms with Gasteiger partial charge in [-0.15, -0.1) is 0 Å². The van der Waals surface area contributed by atoms with E-state index in [4.69, 9.17) is 0 Å². The largest absolute Gasteiger partial charge is 0.324 e. The molecule has 33 heavy (non-hydrogen) atoms. The predicted molar refractivity (Wildman–Crippen MR) is 134 cm³/mol. The van der Waals surface area contributed by atoms with Gasteiger partial charge < -0.3 is 10.6 Å². The Hall–Kier alpha value is -3.31. The number of anilines is 1. The first-order chi connectivity index (χ1) is 15.9. The summed E-state index contributed by atoms with van der Waals surface area (Å²) >= 11 is 0. The van der Waals surface area contributed by atoms with Crippen LogP contribution in [0.3, 0.4) is 0 Å². The fraction of sp³-hybridized carbons (Fsp3) is 0.286. The monoisotopic (exact) mass is 448 g/mol. The Morgan fingerprint density at radius 1 is 0.909 bits per heavy atom. The summed E-state index contributed by atoms with van der Waals surface area (Å²) in [5.41, 5.74) is 4.87. The Morgan fingerprint density at radius 3 is 2.27 bits per heavy atom. The minimum absolute atomic E-state index is 0.0441. The number of Topliss-reactive ketones (excluding diaryl/α,β-unsaturated/α-hetero) is 1. The third-order valence-corrected chi connectivity index (χ3v) is 5.08. The molecule has 3 aromatic carbocycles. The quantitative estimate of drug-likeness (QED) is 0.397. The molecule has 2 N–H and O–H groups in total. The maximum absolute atomic E-state index is 14.8. The molecule has 0 aliphatic heterocycles. The fourth-order valence-corrected chi connectivity index (χ4v) is 3.54. The number of hydrogen-bond acceptors (Lipinski definition) is 3. The molecular weight excluding hydrogens is 415 g/mol. The molecule has 0 aromatic heterocycles. The van der Waals surface area contributed by atoms with E-state index >= 15 is 0 Å². The lowest BCUT2D eigenvalue weighted by Gasteiger charge is -2.14. The molecule has 0 atom stereocenters. The van der Waals surface area contributed by atoms with Gasteiger partial charge in [0.15, 0.2) is 5.78 Å². The Kier molecular flexibility index (Phi) is 9.95. The number of carbonyl (C=O) groups is 2. The van der Waals surface area contributed by atoms with E-state index in [0.29, 0.717) is 12.1 Å². The number of amides is 1. The van der Waals surface area contributed by atoms with Crippen molar-refractivity contribution in [2.24, 2.45) is 0 Å². The van der Waals surface area contributed by atoms with Crippen molar-refractivity contribution in [3.8, 4) is 11.1 Å². The average molecular weight is 449 g/mol. The van der Waals surface area contributed by atoms with Gasteiger partial charge in [-0.05, 0) is 54.7 Å². The Morgan fingerprint density at radius 2 is 1.61 bits per heavy atom. The molecule has 0 bridgehead atoms. The van der Waals surface area contributed by atoms with Crippen LogP contribution in [0.4, 0.5) is 10.1 Å². The van der Waals surface area contributed by atoms with Crippen LogP contribution in [0.1, 0.15) is 54.7 Å². The van der Waals surface area contributed by atoms with E-state index < -0.39 is 11.6 Å². The van der Waals surface area contributed by atoms with Crippen molar-refractivity contribution in [2.75, 3.05) is 11.9 Å². The predicted octanol–water partition coefficient (Wildman–Crippen LogP) is 6.32. The number of nitrogens with one attached hydrogen (secondary N) is 2. The topological polar surface area (TPSA) is 58.2 Å². The number of ketones is 1.